The molecular weight excluding hydrogens is 338 g/mol. The van der Waals surface area contributed by atoms with Gasteiger partial charge in [-0.25, -0.2) is 4.98 Å². The summed E-state index contributed by atoms with van der Waals surface area (Å²) >= 11 is 1.63. The number of hydrogen-bond donors (Lipinski definition) is 1. The van der Waals surface area contributed by atoms with E-state index in [2.05, 4.69) is 10.3 Å². The molecule has 0 aliphatic carbocycles. The highest BCUT2D eigenvalue weighted by Gasteiger charge is 2.12. The Morgan fingerprint density at radius 1 is 1.16 bits per heavy atom. The summed E-state index contributed by atoms with van der Waals surface area (Å²) in [6, 6.07) is 13.0. The third-order valence-corrected chi connectivity index (χ3v) is 4.53. The monoisotopic (exact) mass is 353 g/mol. The van der Waals surface area contributed by atoms with Gasteiger partial charge in [-0.2, -0.15) is 0 Å². The number of aryl methyl sites for hydroxylation is 2. The first-order valence-electron chi connectivity index (χ1n) is 7.54. The van der Waals surface area contributed by atoms with Gasteiger partial charge in [0.15, 0.2) is 0 Å². The molecular formula is C18H15N3O3S. The summed E-state index contributed by atoms with van der Waals surface area (Å²) in [6.07, 6.45) is 0. The Morgan fingerprint density at radius 3 is 2.48 bits per heavy atom. The van der Waals surface area contributed by atoms with E-state index in [9.17, 15) is 14.9 Å². The molecule has 0 aliphatic rings. The van der Waals surface area contributed by atoms with Crippen LogP contribution in [0.15, 0.2) is 48.5 Å². The number of carbonyl (C=O) groups is 1. The average Bonchev–Trinajstić information content (AvgIpc) is 2.93. The lowest BCUT2D eigenvalue weighted by atomic mass is 10.1. The summed E-state index contributed by atoms with van der Waals surface area (Å²) in [5.74, 6) is -0.321. The van der Waals surface area contributed by atoms with Crippen LogP contribution >= 0.6 is 11.3 Å². The zero-order valence-electron chi connectivity index (χ0n) is 13.6. The van der Waals surface area contributed by atoms with Crippen molar-refractivity contribution in [2.75, 3.05) is 5.32 Å². The molecule has 0 atom stereocenters. The molecule has 3 aromatic rings. The molecule has 0 bridgehead atoms. The summed E-state index contributed by atoms with van der Waals surface area (Å²) in [5, 5.41) is 14.5. The zero-order valence-corrected chi connectivity index (χ0v) is 14.5. The summed E-state index contributed by atoms with van der Waals surface area (Å²) in [5.41, 5.74) is 2.67. The van der Waals surface area contributed by atoms with Gasteiger partial charge in [0.05, 0.1) is 15.6 Å². The van der Waals surface area contributed by atoms with Gasteiger partial charge in [0, 0.05) is 33.8 Å². The van der Waals surface area contributed by atoms with Crippen LogP contribution in [-0.4, -0.2) is 15.8 Å². The second-order valence-corrected chi connectivity index (χ2v) is 6.88. The first kappa shape index (κ1) is 16.8. The highest BCUT2D eigenvalue weighted by Crippen LogP contribution is 2.27. The molecule has 1 N–H and O–H groups in total. The van der Waals surface area contributed by atoms with Crippen LogP contribution in [0.5, 0.6) is 0 Å². The van der Waals surface area contributed by atoms with Gasteiger partial charge in [-0.1, -0.05) is 18.2 Å². The number of carbonyl (C=O) groups excluding carboxylic acids is 1. The number of nitrogens with zero attached hydrogens (tertiary/aromatic N) is 2. The van der Waals surface area contributed by atoms with E-state index >= 15 is 0 Å². The van der Waals surface area contributed by atoms with Crippen molar-refractivity contribution < 1.29 is 9.72 Å². The number of hydrogen-bond acceptors (Lipinski definition) is 5. The van der Waals surface area contributed by atoms with E-state index in [1.54, 1.807) is 29.5 Å². The van der Waals surface area contributed by atoms with E-state index in [-0.39, 0.29) is 11.6 Å². The van der Waals surface area contributed by atoms with E-state index in [1.807, 2.05) is 26.0 Å². The van der Waals surface area contributed by atoms with E-state index in [4.69, 9.17) is 0 Å². The molecule has 0 saturated heterocycles. The number of benzene rings is 2. The number of non-ortho nitro benzene ring substituents is 1. The normalized spacial score (nSPS) is 10.5. The number of amides is 1. The van der Waals surface area contributed by atoms with E-state index in [1.165, 1.54) is 18.2 Å². The molecule has 1 amide bonds. The first-order chi connectivity index (χ1) is 11.9. The Balaban J connectivity index is 1.78. The number of thiazole rings is 1. The minimum absolute atomic E-state index is 0.0671. The van der Waals surface area contributed by atoms with Gasteiger partial charge in [-0.15, -0.1) is 11.3 Å². The lowest BCUT2D eigenvalue weighted by molar-refractivity contribution is -0.384. The molecule has 0 spiro atoms. The summed E-state index contributed by atoms with van der Waals surface area (Å²) in [6.45, 7) is 3.98. The largest absolute Gasteiger partial charge is 0.322 e. The molecule has 0 fully saturated rings. The molecule has 126 valence electrons. The standard InChI is InChI=1S/C18H15N3O3S/c1-11-17(19-12(2)25-11)13-6-8-14(9-7-13)18(22)20-15-4-3-5-16(10-15)21(23)24/h3-10H,1-2H3,(H,20,22). The Kier molecular flexibility index (Phi) is 4.58. The van der Waals surface area contributed by atoms with Crippen molar-refractivity contribution >= 4 is 28.6 Å². The van der Waals surface area contributed by atoms with Crippen LogP contribution in [0.2, 0.25) is 0 Å². The van der Waals surface area contributed by atoms with Crippen LogP contribution < -0.4 is 5.32 Å². The van der Waals surface area contributed by atoms with Gasteiger partial charge in [0.25, 0.3) is 11.6 Å². The number of nitrogens with one attached hydrogen (secondary N) is 1. The fourth-order valence-corrected chi connectivity index (χ4v) is 3.32. The van der Waals surface area contributed by atoms with Gasteiger partial charge in [-0.3, -0.25) is 14.9 Å². The predicted molar refractivity (Wildman–Crippen MR) is 98.1 cm³/mol. The second-order valence-electron chi connectivity index (χ2n) is 5.48. The SMILES string of the molecule is Cc1nc(-c2ccc(C(=O)Nc3cccc([N+](=O)[O-])c3)cc2)c(C)s1. The maximum absolute atomic E-state index is 12.3. The molecule has 7 heteroatoms. The zero-order chi connectivity index (χ0) is 18.0. The lowest BCUT2D eigenvalue weighted by Gasteiger charge is -2.06. The number of nitro groups is 1. The van der Waals surface area contributed by atoms with Crippen molar-refractivity contribution in [3.8, 4) is 11.3 Å². The summed E-state index contributed by atoms with van der Waals surface area (Å²) in [7, 11) is 0. The highest BCUT2D eigenvalue weighted by atomic mass is 32.1. The molecule has 25 heavy (non-hydrogen) atoms. The molecule has 0 radical (unpaired) electrons. The van der Waals surface area contributed by atoms with Crippen LogP contribution in [0.3, 0.4) is 0 Å². The molecule has 6 nitrogen and oxygen atoms in total. The Hall–Kier alpha value is -3.06. The van der Waals surface area contributed by atoms with E-state index in [0.717, 1.165) is 21.1 Å². The fourth-order valence-electron chi connectivity index (χ4n) is 2.48. The number of nitro benzene ring substituents is 1. The number of rotatable bonds is 4. The Labute approximate surface area is 148 Å². The van der Waals surface area contributed by atoms with E-state index in [0.29, 0.717) is 11.3 Å². The smallest absolute Gasteiger partial charge is 0.271 e. The lowest BCUT2D eigenvalue weighted by Crippen LogP contribution is -2.11. The van der Waals surface area contributed by atoms with Crippen LogP contribution in [0.1, 0.15) is 20.2 Å². The van der Waals surface area contributed by atoms with Crippen LogP contribution in [0.4, 0.5) is 11.4 Å². The second kappa shape index (κ2) is 6.82. The van der Waals surface area contributed by atoms with Gasteiger partial charge in [-0.05, 0) is 32.0 Å². The third-order valence-electron chi connectivity index (χ3n) is 3.64. The van der Waals surface area contributed by atoms with Gasteiger partial charge >= 0.3 is 0 Å². The van der Waals surface area contributed by atoms with Gasteiger partial charge < -0.3 is 5.32 Å². The Morgan fingerprint density at radius 2 is 1.88 bits per heavy atom. The Bertz CT molecular complexity index is 948. The van der Waals surface area contributed by atoms with Crippen LogP contribution in [0.25, 0.3) is 11.3 Å². The van der Waals surface area contributed by atoms with E-state index < -0.39 is 4.92 Å². The fraction of sp³-hybridized carbons (Fsp3) is 0.111. The topological polar surface area (TPSA) is 85.1 Å². The average molecular weight is 353 g/mol. The van der Waals surface area contributed by atoms with Crippen molar-refractivity contribution in [3.63, 3.8) is 0 Å². The summed E-state index contributed by atoms with van der Waals surface area (Å²) < 4.78 is 0. The van der Waals surface area contributed by atoms with Crippen molar-refractivity contribution in [1.29, 1.82) is 0 Å². The third kappa shape index (κ3) is 3.72. The highest BCUT2D eigenvalue weighted by molar-refractivity contribution is 7.11. The predicted octanol–water partition coefficient (Wildman–Crippen LogP) is 4.59. The number of aromatic nitrogens is 1. The van der Waals surface area contributed by atoms with Gasteiger partial charge in [0.2, 0.25) is 0 Å². The minimum atomic E-state index is -0.497. The first-order valence-corrected chi connectivity index (χ1v) is 8.36. The minimum Gasteiger partial charge on any atom is -0.322 e. The number of anilines is 1. The summed E-state index contributed by atoms with van der Waals surface area (Å²) in [4.78, 5) is 28.3. The van der Waals surface area contributed by atoms with Crippen molar-refractivity contribution in [1.82, 2.24) is 4.98 Å². The maximum Gasteiger partial charge on any atom is 0.271 e. The van der Waals surface area contributed by atoms with Gasteiger partial charge in [0.1, 0.15) is 0 Å². The molecule has 0 saturated carbocycles. The molecule has 0 unspecified atom stereocenters. The maximum atomic E-state index is 12.3. The molecule has 1 heterocycles. The molecule has 3 rings (SSSR count). The van der Waals surface area contributed by atoms with Crippen LogP contribution in [-0.2, 0) is 0 Å². The molecule has 1 aromatic heterocycles. The molecule has 0 aliphatic heterocycles. The van der Waals surface area contributed by atoms with Crippen molar-refractivity contribution in [2.45, 2.75) is 13.8 Å². The van der Waals surface area contributed by atoms with Crippen molar-refractivity contribution in [2.24, 2.45) is 0 Å². The quantitative estimate of drug-likeness (QED) is 0.549. The van der Waals surface area contributed by atoms with Crippen molar-refractivity contribution in [3.05, 3.63) is 74.1 Å². The van der Waals surface area contributed by atoms with Crippen LogP contribution in [0, 0.1) is 24.0 Å². The molecule has 2 aromatic carbocycles.